The number of carbonyl (C=O) groups excluding carboxylic acids is 1. The zero-order valence-electron chi connectivity index (χ0n) is 24.9. The fourth-order valence-electron chi connectivity index (χ4n) is 4.77. The predicted octanol–water partition coefficient (Wildman–Crippen LogP) is 8.37. The number of nitrogens with zero attached hydrogens (tertiary/aromatic N) is 1. The van der Waals surface area contributed by atoms with Crippen molar-refractivity contribution in [3.05, 3.63) is 65.7 Å². The molecule has 0 amide bonds. The Kier molecular flexibility index (Phi) is 15.1. The summed E-state index contributed by atoms with van der Waals surface area (Å²) in [6.45, 7) is 8.56. The van der Waals surface area contributed by atoms with Gasteiger partial charge in [-0.3, -0.25) is 4.79 Å². The molecule has 0 aliphatic carbocycles. The van der Waals surface area contributed by atoms with Crippen molar-refractivity contribution in [3.8, 4) is 5.75 Å². The van der Waals surface area contributed by atoms with Crippen molar-refractivity contribution in [3.63, 3.8) is 0 Å². The summed E-state index contributed by atoms with van der Waals surface area (Å²) in [5.74, 6) is 0.672. The third-order valence-electron chi connectivity index (χ3n) is 7.37. The first kappa shape index (κ1) is 31.9. The van der Waals surface area contributed by atoms with Gasteiger partial charge in [-0.2, -0.15) is 0 Å². The molecule has 0 radical (unpaired) electrons. The molecule has 2 rings (SSSR count). The minimum absolute atomic E-state index is 0.00173. The summed E-state index contributed by atoms with van der Waals surface area (Å²) in [5.41, 5.74) is 2.70. The number of rotatable bonds is 20. The van der Waals surface area contributed by atoms with Crippen LogP contribution in [0, 0.1) is 5.92 Å². The van der Waals surface area contributed by atoms with Crippen LogP contribution in [0.2, 0.25) is 0 Å². The molecule has 0 N–H and O–H groups in total. The van der Waals surface area contributed by atoms with Crippen LogP contribution in [0.1, 0.15) is 96.1 Å². The maximum absolute atomic E-state index is 12.5. The molecule has 2 atom stereocenters. The Morgan fingerprint density at radius 3 is 2.08 bits per heavy atom. The third-order valence-corrected chi connectivity index (χ3v) is 7.37. The van der Waals surface area contributed by atoms with E-state index in [4.69, 9.17) is 9.47 Å². The fourth-order valence-corrected chi connectivity index (χ4v) is 4.77. The van der Waals surface area contributed by atoms with Gasteiger partial charge in [-0.15, -0.1) is 0 Å². The summed E-state index contributed by atoms with van der Waals surface area (Å²) < 4.78 is 12.5. The maximum atomic E-state index is 12.5. The van der Waals surface area contributed by atoms with E-state index in [0.29, 0.717) is 13.0 Å². The number of quaternary nitrogens is 1. The van der Waals surface area contributed by atoms with Gasteiger partial charge in [0.25, 0.3) is 0 Å². The Hall–Kier alpha value is -2.33. The second-order valence-electron chi connectivity index (χ2n) is 11.7. The molecule has 2 aromatic rings. The average molecular weight is 525 g/mol. The number of aryl methyl sites for hydroxylation is 1. The van der Waals surface area contributed by atoms with Crippen molar-refractivity contribution in [1.82, 2.24) is 0 Å². The van der Waals surface area contributed by atoms with Gasteiger partial charge in [0.1, 0.15) is 12.3 Å². The SMILES string of the molecule is CCCCCCCCCCc1ccc(OC(C)CCOC(=O)C(C)CC[N+](C)(C)Cc2ccccc2)cc1. The molecule has 4 nitrogen and oxygen atoms in total. The molecule has 0 saturated heterocycles. The summed E-state index contributed by atoms with van der Waals surface area (Å²) in [6.07, 6.45) is 13.5. The van der Waals surface area contributed by atoms with Gasteiger partial charge in [-0.1, -0.05) is 101 Å². The number of esters is 1. The minimum Gasteiger partial charge on any atom is -0.491 e. The first-order valence-electron chi connectivity index (χ1n) is 15.1. The average Bonchev–Trinajstić information content (AvgIpc) is 2.90. The van der Waals surface area contributed by atoms with Crippen molar-refractivity contribution < 1.29 is 18.8 Å². The number of hydrogen-bond acceptors (Lipinski definition) is 3. The van der Waals surface area contributed by atoms with E-state index in [1.807, 2.05) is 19.9 Å². The van der Waals surface area contributed by atoms with Crippen molar-refractivity contribution in [2.24, 2.45) is 5.92 Å². The van der Waals surface area contributed by atoms with E-state index in [1.54, 1.807) is 0 Å². The minimum atomic E-state index is -0.109. The number of carbonyl (C=O) groups is 1. The second-order valence-corrected chi connectivity index (χ2v) is 11.7. The van der Waals surface area contributed by atoms with E-state index in [-0.39, 0.29) is 18.0 Å². The van der Waals surface area contributed by atoms with Crippen molar-refractivity contribution in [2.45, 2.75) is 104 Å². The van der Waals surface area contributed by atoms with Crippen LogP contribution in [0.15, 0.2) is 54.6 Å². The van der Waals surface area contributed by atoms with Crippen LogP contribution in [0.25, 0.3) is 0 Å². The summed E-state index contributed by atoms with van der Waals surface area (Å²) in [6, 6.07) is 19.0. The van der Waals surface area contributed by atoms with Crippen LogP contribution >= 0.6 is 0 Å². The molecular formula is C34H54NO3+. The van der Waals surface area contributed by atoms with E-state index < -0.39 is 0 Å². The standard InChI is InChI=1S/C34H54NO3/c1-6-7-8-9-10-11-12-14-17-31-20-22-33(23-21-31)38-30(3)25-27-37-34(36)29(2)24-26-35(4,5)28-32-18-15-13-16-19-32/h13,15-16,18-23,29-30H,6-12,14,17,24-28H2,1-5H3/q+1. The molecule has 2 unspecified atom stereocenters. The fraction of sp³-hybridized carbons (Fsp3) is 0.618. The van der Waals surface area contributed by atoms with Gasteiger partial charge >= 0.3 is 5.97 Å². The Bertz CT molecular complexity index is 878. The molecule has 0 aliphatic heterocycles. The van der Waals surface area contributed by atoms with Gasteiger partial charge in [-0.25, -0.2) is 0 Å². The van der Waals surface area contributed by atoms with Crippen molar-refractivity contribution >= 4 is 5.97 Å². The highest BCUT2D eigenvalue weighted by Crippen LogP contribution is 2.18. The zero-order valence-corrected chi connectivity index (χ0v) is 24.9. The van der Waals surface area contributed by atoms with Crippen LogP contribution in [-0.2, 0) is 22.5 Å². The molecule has 2 aromatic carbocycles. The molecule has 0 spiro atoms. The van der Waals surface area contributed by atoms with Crippen LogP contribution < -0.4 is 4.74 Å². The van der Waals surface area contributed by atoms with Gasteiger partial charge in [0.05, 0.1) is 39.3 Å². The Balaban J connectivity index is 1.58. The predicted molar refractivity (Wildman–Crippen MR) is 159 cm³/mol. The van der Waals surface area contributed by atoms with Gasteiger partial charge < -0.3 is 14.0 Å². The molecule has 0 bridgehead atoms. The normalized spacial score (nSPS) is 13.2. The highest BCUT2D eigenvalue weighted by molar-refractivity contribution is 5.71. The highest BCUT2D eigenvalue weighted by Gasteiger charge is 2.22. The van der Waals surface area contributed by atoms with Gasteiger partial charge in [0.2, 0.25) is 0 Å². The van der Waals surface area contributed by atoms with Crippen LogP contribution in [0.4, 0.5) is 0 Å². The lowest BCUT2D eigenvalue weighted by Gasteiger charge is -2.30. The topological polar surface area (TPSA) is 35.5 Å². The summed E-state index contributed by atoms with van der Waals surface area (Å²) in [7, 11) is 4.43. The second kappa shape index (κ2) is 18.0. The smallest absolute Gasteiger partial charge is 0.308 e. The monoisotopic (exact) mass is 524 g/mol. The van der Waals surface area contributed by atoms with E-state index in [2.05, 4.69) is 69.6 Å². The molecule has 212 valence electrons. The largest absolute Gasteiger partial charge is 0.491 e. The van der Waals surface area contributed by atoms with E-state index in [0.717, 1.165) is 36.2 Å². The lowest BCUT2D eigenvalue weighted by Crippen LogP contribution is -2.40. The van der Waals surface area contributed by atoms with E-state index >= 15 is 0 Å². The summed E-state index contributed by atoms with van der Waals surface area (Å²) >= 11 is 0. The van der Waals surface area contributed by atoms with Gasteiger partial charge in [-0.05, 0) is 37.5 Å². The molecule has 4 heteroatoms. The molecular weight excluding hydrogens is 470 g/mol. The quantitative estimate of drug-likeness (QED) is 0.0991. The highest BCUT2D eigenvalue weighted by atomic mass is 16.5. The Morgan fingerprint density at radius 1 is 0.789 bits per heavy atom. The lowest BCUT2D eigenvalue weighted by atomic mass is 10.0. The first-order valence-corrected chi connectivity index (χ1v) is 15.1. The van der Waals surface area contributed by atoms with Gasteiger partial charge in [0.15, 0.2) is 0 Å². The molecule has 0 fully saturated rings. The number of benzene rings is 2. The van der Waals surface area contributed by atoms with Crippen molar-refractivity contribution in [1.29, 1.82) is 0 Å². The Morgan fingerprint density at radius 2 is 1.42 bits per heavy atom. The van der Waals surface area contributed by atoms with E-state index in [1.165, 1.54) is 62.5 Å². The van der Waals surface area contributed by atoms with Crippen molar-refractivity contribution in [2.75, 3.05) is 27.2 Å². The molecule has 0 saturated carbocycles. The number of hydrogen-bond donors (Lipinski definition) is 0. The molecule has 0 heterocycles. The maximum Gasteiger partial charge on any atom is 0.308 e. The zero-order chi connectivity index (χ0) is 27.6. The third kappa shape index (κ3) is 14.0. The van der Waals surface area contributed by atoms with E-state index in [9.17, 15) is 4.79 Å². The summed E-state index contributed by atoms with van der Waals surface area (Å²) in [4.78, 5) is 12.5. The molecule has 0 aromatic heterocycles. The number of unbranched alkanes of at least 4 members (excludes halogenated alkanes) is 7. The van der Waals surface area contributed by atoms with Crippen LogP contribution in [0.5, 0.6) is 5.75 Å². The van der Waals surface area contributed by atoms with Crippen LogP contribution in [0.3, 0.4) is 0 Å². The first-order chi connectivity index (χ1) is 18.3. The van der Waals surface area contributed by atoms with Gasteiger partial charge in [0, 0.05) is 18.4 Å². The Labute approximate surface area is 233 Å². The summed E-state index contributed by atoms with van der Waals surface area (Å²) in [5, 5.41) is 0. The molecule has 38 heavy (non-hydrogen) atoms. The molecule has 0 aliphatic rings. The van der Waals surface area contributed by atoms with Crippen LogP contribution in [-0.4, -0.2) is 43.8 Å². The number of ether oxygens (including phenoxy) is 2. The lowest BCUT2D eigenvalue weighted by molar-refractivity contribution is -0.904.